The third-order valence-corrected chi connectivity index (χ3v) is 5.97. The maximum Gasteiger partial charge on any atom is 0.114 e. The van der Waals surface area contributed by atoms with Gasteiger partial charge in [-0.15, -0.1) is 0 Å². The molecule has 1 saturated heterocycles. The fourth-order valence-electron chi connectivity index (χ4n) is 3.97. The summed E-state index contributed by atoms with van der Waals surface area (Å²) in [5, 5.41) is 28.8. The number of allylic oxidation sites excluding steroid dienone is 2. The van der Waals surface area contributed by atoms with Gasteiger partial charge in [0.15, 0.2) is 0 Å². The Morgan fingerprint density at radius 2 is 1.37 bits per heavy atom. The summed E-state index contributed by atoms with van der Waals surface area (Å²) in [5.74, 6) is 0. The van der Waals surface area contributed by atoms with Crippen molar-refractivity contribution in [2.45, 2.75) is 128 Å². The molecule has 1 aliphatic heterocycles. The molecule has 0 radical (unpaired) electrons. The zero-order valence-corrected chi connectivity index (χ0v) is 19.4. The van der Waals surface area contributed by atoms with Crippen LogP contribution in [0.5, 0.6) is 0 Å². The average molecular weight is 429 g/mol. The molecule has 5 nitrogen and oxygen atoms in total. The Labute approximate surface area is 184 Å². The van der Waals surface area contributed by atoms with Gasteiger partial charge in [0, 0.05) is 6.61 Å². The topological polar surface area (TPSA) is 79.2 Å². The van der Waals surface area contributed by atoms with Gasteiger partial charge in [-0.2, -0.15) is 0 Å². The summed E-state index contributed by atoms with van der Waals surface area (Å²) >= 11 is 0. The summed E-state index contributed by atoms with van der Waals surface area (Å²) in [6, 6.07) is 0. The largest absolute Gasteiger partial charge is 0.394 e. The van der Waals surface area contributed by atoms with Gasteiger partial charge in [0.05, 0.1) is 13.2 Å². The molecule has 0 amide bonds. The molecule has 178 valence electrons. The highest BCUT2D eigenvalue weighted by atomic mass is 16.6. The Bertz CT molecular complexity index is 401. The van der Waals surface area contributed by atoms with Gasteiger partial charge in [-0.25, -0.2) is 0 Å². The van der Waals surface area contributed by atoms with E-state index in [9.17, 15) is 15.3 Å². The van der Waals surface area contributed by atoms with Gasteiger partial charge < -0.3 is 24.8 Å². The van der Waals surface area contributed by atoms with Gasteiger partial charge in [-0.05, 0) is 32.1 Å². The first kappa shape index (κ1) is 27.6. The molecule has 1 aliphatic rings. The molecule has 1 heterocycles. The predicted molar refractivity (Wildman–Crippen MR) is 123 cm³/mol. The molecule has 0 saturated carbocycles. The van der Waals surface area contributed by atoms with Crippen molar-refractivity contribution in [2.24, 2.45) is 0 Å². The minimum Gasteiger partial charge on any atom is -0.394 e. The van der Waals surface area contributed by atoms with Crippen molar-refractivity contribution in [3.63, 3.8) is 0 Å². The van der Waals surface area contributed by atoms with Crippen molar-refractivity contribution < 1.29 is 24.8 Å². The number of rotatable bonds is 20. The molecule has 0 aromatic rings. The Hall–Kier alpha value is -0.460. The third kappa shape index (κ3) is 13.1. The van der Waals surface area contributed by atoms with E-state index in [1.54, 1.807) is 0 Å². The summed E-state index contributed by atoms with van der Waals surface area (Å²) in [4.78, 5) is 0. The Morgan fingerprint density at radius 3 is 1.87 bits per heavy atom. The van der Waals surface area contributed by atoms with Gasteiger partial charge in [0.25, 0.3) is 0 Å². The second-order valence-electron chi connectivity index (χ2n) is 8.74. The average Bonchev–Trinajstić information content (AvgIpc) is 3.08. The van der Waals surface area contributed by atoms with Crippen molar-refractivity contribution in [1.29, 1.82) is 0 Å². The van der Waals surface area contributed by atoms with E-state index >= 15 is 0 Å². The van der Waals surface area contributed by atoms with E-state index in [1.807, 2.05) is 0 Å². The van der Waals surface area contributed by atoms with Crippen LogP contribution in [0.1, 0.15) is 103 Å². The molecule has 0 spiro atoms. The zero-order chi connectivity index (χ0) is 21.9. The van der Waals surface area contributed by atoms with E-state index in [0.717, 1.165) is 12.8 Å². The minimum atomic E-state index is -0.979. The quantitative estimate of drug-likeness (QED) is 0.190. The number of unbranched alkanes of at least 4 members (excludes halogenated alkanes) is 13. The molecule has 3 N–H and O–H groups in total. The summed E-state index contributed by atoms with van der Waals surface area (Å²) in [5.41, 5.74) is 0. The summed E-state index contributed by atoms with van der Waals surface area (Å²) in [6.45, 7) is 2.71. The Balaban J connectivity index is 1.83. The van der Waals surface area contributed by atoms with Crippen molar-refractivity contribution >= 4 is 0 Å². The van der Waals surface area contributed by atoms with E-state index in [-0.39, 0.29) is 13.2 Å². The Kier molecular flexibility index (Phi) is 17.7. The highest BCUT2D eigenvalue weighted by Gasteiger charge is 2.40. The molecule has 5 heteroatoms. The van der Waals surface area contributed by atoms with Gasteiger partial charge >= 0.3 is 0 Å². The molecule has 0 aromatic heterocycles. The molecule has 1 fully saturated rings. The van der Waals surface area contributed by atoms with Crippen molar-refractivity contribution in [3.05, 3.63) is 12.2 Å². The molecule has 0 aromatic carbocycles. The van der Waals surface area contributed by atoms with Crippen LogP contribution < -0.4 is 0 Å². The van der Waals surface area contributed by atoms with Crippen LogP contribution in [0.2, 0.25) is 0 Å². The first-order valence-electron chi connectivity index (χ1n) is 12.6. The maximum atomic E-state index is 9.84. The van der Waals surface area contributed by atoms with E-state index in [2.05, 4.69) is 19.1 Å². The molecule has 30 heavy (non-hydrogen) atoms. The SMILES string of the molecule is CCCCCCC/C=C/CCCCCCCCCCO[C@H](CO)[C@H]1OC[C@H](O)[C@H]1O. The summed E-state index contributed by atoms with van der Waals surface area (Å²) in [7, 11) is 0. The molecule has 4 atom stereocenters. The molecule has 1 rings (SSSR count). The molecular weight excluding hydrogens is 380 g/mol. The predicted octanol–water partition coefficient (Wildman–Crippen LogP) is 4.91. The normalized spacial score (nSPS) is 22.9. The van der Waals surface area contributed by atoms with Crippen LogP contribution in [0.4, 0.5) is 0 Å². The van der Waals surface area contributed by atoms with Crippen molar-refractivity contribution in [3.8, 4) is 0 Å². The van der Waals surface area contributed by atoms with E-state index in [4.69, 9.17) is 9.47 Å². The number of aliphatic hydroxyl groups excluding tert-OH is 3. The van der Waals surface area contributed by atoms with Crippen LogP contribution in [0, 0.1) is 0 Å². The van der Waals surface area contributed by atoms with Crippen molar-refractivity contribution in [2.75, 3.05) is 19.8 Å². The Morgan fingerprint density at radius 1 is 0.833 bits per heavy atom. The van der Waals surface area contributed by atoms with Crippen LogP contribution in [0.15, 0.2) is 12.2 Å². The second-order valence-corrected chi connectivity index (χ2v) is 8.74. The minimum absolute atomic E-state index is 0.0983. The van der Waals surface area contributed by atoms with E-state index < -0.39 is 24.4 Å². The lowest BCUT2D eigenvalue weighted by atomic mass is 10.1. The number of hydrogen-bond acceptors (Lipinski definition) is 5. The fourth-order valence-corrected chi connectivity index (χ4v) is 3.97. The van der Waals surface area contributed by atoms with Crippen LogP contribution in [-0.4, -0.2) is 59.6 Å². The number of ether oxygens (including phenoxy) is 2. The highest BCUT2D eigenvalue weighted by Crippen LogP contribution is 2.20. The molecule has 0 aliphatic carbocycles. The first-order chi connectivity index (χ1) is 14.7. The smallest absolute Gasteiger partial charge is 0.114 e. The van der Waals surface area contributed by atoms with E-state index in [1.165, 1.54) is 83.5 Å². The zero-order valence-electron chi connectivity index (χ0n) is 19.4. The lowest BCUT2D eigenvalue weighted by Crippen LogP contribution is -2.42. The lowest BCUT2D eigenvalue weighted by Gasteiger charge is -2.24. The summed E-state index contributed by atoms with van der Waals surface area (Å²) < 4.78 is 11.0. The molecule has 0 unspecified atom stereocenters. The van der Waals surface area contributed by atoms with Crippen LogP contribution >= 0.6 is 0 Å². The third-order valence-electron chi connectivity index (χ3n) is 5.97. The fraction of sp³-hybridized carbons (Fsp3) is 0.920. The monoisotopic (exact) mass is 428 g/mol. The molecule has 0 bridgehead atoms. The van der Waals surface area contributed by atoms with Gasteiger partial charge in [0.1, 0.15) is 24.4 Å². The van der Waals surface area contributed by atoms with Gasteiger partial charge in [0.2, 0.25) is 0 Å². The molecular formula is C25H48O5. The second kappa shape index (κ2) is 19.2. The first-order valence-corrected chi connectivity index (χ1v) is 12.6. The summed E-state index contributed by atoms with van der Waals surface area (Å²) in [6.07, 6.45) is 20.8. The van der Waals surface area contributed by atoms with Crippen LogP contribution in [-0.2, 0) is 9.47 Å². The van der Waals surface area contributed by atoms with Gasteiger partial charge in [-0.1, -0.05) is 83.3 Å². The highest BCUT2D eigenvalue weighted by molar-refractivity contribution is 4.88. The maximum absolute atomic E-state index is 9.84. The standard InChI is InChI=1S/C25H48O5/c1-2-3-4-5-6-7-8-9-10-11-12-13-14-15-16-17-18-19-29-23(20-26)25-24(28)22(27)21-30-25/h8-9,22-28H,2-7,10-21H2,1H3/b9-8+/t22-,23+,24+,25+/m0/s1. The lowest BCUT2D eigenvalue weighted by molar-refractivity contribution is -0.101. The van der Waals surface area contributed by atoms with E-state index in [0.29, 0.717) is 6.61 Å². The van der Waals surface area contributed by atoms with Crippen LogP contribution in [0.25, 0.3) is 0 Å². The van der Waals surface area contributed by atoms with Crippen LogP contribution in [0.3, 0.4) is 0 Å². The van der Waals surface area contributed by atoms with Gasteiger partial charge in [-0.3, -0.25) is 0 Å². The number of aliphatic hydroxyl groups is 3. The van der Waals surface area contributed by atoms with Crippen molar-refractivity contribution in [1.82, 2.24) is 0 Å². The number of hydrogen-bond donors (Lipinski definition) is 3.